The van der Waals surface area contributed by atoms with E-state index in [0.29, 0.717) is 23.9 Å². The summed E-state index contributed by atoms with van der Waals surface area (Å²) in [4.78, 5) is 0. The zero-order chi connectivity index (χ0) is 11.7. The maximum atomic E-state index is 5.95. The van der Waals surface area contributed by atoms with Crippen LogP contribution in [0.4, 0.5) is 0 Å². The average molecular weight is 224 g/mol. The first-order chi connectivity index (χ1) is 7.58. The van der Waals surface area contributed by atoms with Gasteiger partial charge in [-0.1, -0.05) is 25.5 Å². The fourth-order valence-electron chi connectivity index (χ4n) is 3.19. The molecular weight excluding hydrogens is 200 g/mol. The molecule has 2 rings (SSSR count). The Balaban J connectivity index is 2.07. The fraction of sp³-hybridized carbons (Fsp3) is 0.857. The first-order valence-corrected chi connectivity index (χ1v) is 6.52. The van der Waals surface area contributed by atoms with Crippen molar-refractivity contribution in [1.29, 1.82) is 0 Å². The highest BCUT2D eigenvalue weighted by molar-refractivity contribution is 5.08. The lowest BCUT2D eigenvalue weighted by molar-refractivity contribution is -0.243. The topological polar surface area (TPSA) is 18.5 Å². The van der Waals surface area contributed by atoms with Gasteiger partial charge in [-0.2, -0.15) is 0 Å². The zero-order valence-corrected chi connectivity index (χ0v) is 10.9. The summed E-state index contributed by atoms with van der Waals surface area (Å²) in [6, 6.07) is 0. The minimum atomic E-state index is 0.0121. The molecule has 16 heavy (non-hydrogen) atoms. The van der Waals surface area contributed by atoms with Crippen LogP contribution in [0.2, 0.25) is 0 Å². The molecule has 0 aromatic heterocycles. The summed E-state index contributed by atoms with van der Waals surface area (Å²) in [6.07, 6.45) is 4.97. The lowest BCUT2D eigenvalue weighted by atomic mass is 9.74. The van der Waals surface area contributed by atoms with Crippen LogP contribution in [0, 0.1) is 17.8 Å². The second kappa shape index (κ2) is 4.89. The van der Waals surface area contributed by atoms with Crippen LogP contribution in [0.1, 0.15) is 40.5 Å². The summed E-state index contributed by atoms with van der Waals surface area (Å²) in [5, 5.41) is 0. The lowest BCUT2D eigenvalue weighted by Gasteiger charge is -2.41. The molecule has 2 nitrogen and oxygen atoms in total. The van der Waals surface area contributed by atoms with Crippen molar-refractivity contribution in [2.24, 2.45) is 17.8 Å². The van der Waals surface area contributed by atoms with Crippen LogP contribution in [0.25, 0.3) is 0 Å². The normalized spacial score (nSPS) is 45.2. The third-order valence-corrected chi connectivity index (χ3v) is 3.94. The van der Waals surface area contributed by atoms with Gasteiger partial charge in [0.15, 0.2) is 6.29 Å². The van der Waals surface area contributed by atoms with Gasteiger partial charge in [-0.15, -0.1) is 0 Å². The van der Waals surface area contributed by atoms with Crippen LogP contribution in [0.15, 0.2) is 11.6 Å². The van der Waals surface area contributed by atoms with E-state index in [4.69, 9.17) is 9.47 Å². The number of rotatable bonds is 1. The Morgan fingerprint density at radius 1 is 1.25 bits per heavy atom. The molecule has 1 saturated heterocycles. The molecule has 0 N–H and O–H groups in total. The van der Waals surface area contributed by atoms with Crippen molar-refractivity contribution in [3.63, 3.8) is 0 Å². The monoisotopic (exact) mass is 224 g/mol. The van der Waals surface area contributed by atoms with Gasteiger partial charge in [0.1, 0.15) is 0 Å². The minimum absolute atomic E-state index is 0.0121. The minimum Gasteiger partial charge on any atom is -0.352 e. The first kappa shape index (κ1) is 12.1. The van der Waals surface area contributed by atoms with Crippen molar-refractivity contribution >= 4 is 0 Å². The maximum Gasteiger partial charge on any atom is 0.161 e. The fourth-order valence-corrected chi connectivity index (χ4v) is 3.19. The molecule has 0 aromatic carbocycles. The van der Waals surface area contributed by atoms with E-state index in [1.807, 2.05) is 0 Å². The summed E-state index contributed by atoms with van der Waals surface area (Å²) in [7, 11) is 0. The number of hydrogen-bond acceptors (Lipinski definition) is 2. The molecule has 0 amide bonds. The van der Waals surface area contributed by atoms with E-state index in [1.54, 1.807) is 0 Å². The Morgan fingerprint density at radius 3 is 2.62 bits per heavy atom. The van der Waals surface area contributed by atoms with Crippen LogP contribution >= 0.6 is 0 Å². The maximum absolute atomic E-state index is 5.95. The van der Waals surface area contributed by atoms with E-state index < -0.39 is 0 Å². The van der Waals surface area contributed by atoms with Crippen LogP contribution in [0.5, 0.6) is 0 Å². The van der Waals surface area contributed by atoms with Crippen LogP contribution in [-0.2, 0) is 9.47 Å². The second-order valence-corrected chi connectivity index (χ2v) is 5.61. The van der Waals surface area contributed by atoms with E-state index in [-0.39, 0.29) is 6.29 Å². The Kier molecular flexibility index (Phi) is 3.70. The van der Waals surface area contributed by atoms with Crippen LogP contribution < -0.4 is 0 Å². The summed E-state index contributed by atoms with van der Waals surface area (Å²) >= 11 is 0. The zero-order valence-electron chi connectivity index (χ0n) is 10.9. The van der Waals surface area contributed by atoms with Crippen molar-refractivity contribution in [3.8, 4) is 0 Å². The van der Waals surface area contributed by atoms with Gasteiger partial charge in [-0.3, -0.25) is 0 Å². The SMILES string of the molecule is CC1=C[C@H](C)[C@@H]([C@@H]2OCC[C@H](C)O2)[C@H](C)C1. The van der Waals surface area contributed by atoms with Gasteiger partial charge in [0.2, 0.25) is 0 Å². The molecule has 1 aliphatic carbocycles. The largest absolute Gasteiger partial charge is 0.352 e. The van der Waals surface area contributed by atoms with Gasteiger partial charge in [0.25, 0.3) is 0 Å². The number of hydrogen-bond donors (Lipinski definition) is 0. The van der Waals surface area contributed by atoms with Gasteiger partial charge in [-0.05, 0) is 38.5 Å². The Hall–Kier alpha value is -0.340. The molecule has 0 saturated carbocycles. The molecule has 2 heteroatoms. The molecule has 2 aliphatic rings. The van der Waals surface area contributed by atoms with Gasteiger partial charge in [0, 0.05) is 5.92 Å². The highest BCUT2D eigenvalue weighted by Crippen LogP contribution is 2.38. The van der Waals surface area contributed by atoms with Crippen LogP contribution in [-0.4, -0.2) is 19.0 Å². The quantitative estimate of drug-likeness (QED) is 0.636. The van der Waals surface area contributed by atoms with Crippen molar-refractivity contribution in [2.75, 3.05) is 6.61 Å². The molecule has 5 atom stereocenters. The van der Waals surface area contributed by atoms with Crippen molar-refractivity contribution in [3.05, 3.63) is 11.6 Å². The van der Waals surface area contributed by atoms with Gasteiger partial charge in [-0.25, -0.2) is 0 Å². The van der Waals surface area contributed by atoms with E-state index in [2.05, 4.69) is 33.8 Å². The lowest BCUT2D eigenvalue weighted by Crippen LogP contribution is -2.42. The number of ether oxygens (including phenoxy) is 2. The van der Waals surface area contributed by atoms with Crippen molar-refractivity contribution in [2.45, 2.75) is 52.9 Å². The Labute approximate surface area is 99.0 Å². The molecule has 0 bridgehead atoms. The van der Waals surface area contributed by atoms with Gasteiger partial charge >= 0.3 is 0 Å². The average Bonchev–Trinajstić information content (AvgIpc) is 2.15. The standard InChI is InChI=1S/C14H24O2/c1-9-7-10(2)13(11(3)8-9)14-15-6-5-12(4)16-14/h7,10-14H,5-6,8H2,1-4H3/t10-,11+,12-,13+,14+/m0/s1. The smallest absolute Gasteiger partial charge is 0.161 e. The summed E-state index contributed by atoms with van der Waals surface area (Å²) in [6.45, 7) is 9.84. The molecular formula is C14H24O2. The number of allylic oxidation sites excluding steroid dienone is 2. The summed E-state index contributed by atoms with van der Waals surface area (Å²) < 4.78 is 11.8. The highest BCUT2D eigenvalue weighted by Gasteiger charge is 2.37. The van der Waals surface area contributed by atoms with E-state index in [9.17, 15) is 0 Å². The van der Waals surface area contributed by atoms with Crippen LogP contribution in [0.3, 0.4) is 0 Å². The molecule has 1 aliphatic heterocycles. The predicted octanol–water partition coefficient (Wildman–Crippen LogP) is 3.38. The van der Waals surface area contributed by atoms with E-state index in [1.165, 1.54) is 12.0 Å². The first-order valence-electron chi connectivity index (χ1n) is 6.52. The molecule has 92 valence electrons. The Morgan fingerprint density at radius 2 is 2.00 bits per heavy atom. The van der Waals surface area contributed by atoms with E-state index >= 15 is 0 Å². The molecule has 0 radical (unpaired) electrons. The highest BCUT2D eigenvalue weighted by atomic mass is 16.7. The van der Waals surface area contributed by atoms with Crippen molar-refractivity contribution in [1.82, 2.24) is 0 Å². The molecule has 1 fully saturated rings. The van der Waals surface area contributed by atoms with Gasteiger partial charge < -0.3 is 9.47 Å². The second-order valence-electron chi connectivity index (χ2n) is 5.61. The molecule has 0 aromatic rings. The van der Waals surface area contributed by atoms with Crippen molar-refractivity contribution < 1.29 is 9.47 Å². The molecule has 0 unspecified atom stereocenters. The molecule has 0 spiro atoms. The summed E-state index contributed by atoms with van der Waals surface area (Å²) in [5.74, 6) is 1.75. The third kappa shape index (κ3) is 2.49. The predicted molar refractivity (Wildman–Crippen MR) is 65.1 cm³/mol. The van der Waals surface area contributed by atoms with E-state index in [0.717, 1.165) is 13.0 Å². The third-order valence-electron chi connectivity index (χ3n) is 3.94. The summed E-state index contributed by atoms with van der Waals surface area (Å²) in [5.41, 5.74) is 1.51. The molecule has 1 heterocycles. The Bertz CT molecular complexity index is 272. The van der Waals surface area contributed by atoms with Gasteiger partial charge in [0.05, 0.1) is 12.7 Å².